The lowest BCUT2D eigenvalue weighted by molar-refractivity contribution is -0.200. The quantitative estimate of drug-likeness (QED) is 0.906. The number of alkyl halides is 3. The van der Waals surface area contributed by atoms with E-state index in [-0.39, 0.29) is 4.90 Å². The molecule has 0 aliphatic heterocycles. The van der Waals surface area contributed by atoms with Gasteiger partial charge in [0.1, 0.15) is 0 Å². The number of benzene rings is 2. The zero-order chi connectivity index (χ0) is 15.7. The number of sulfonamides is 1. The Morgan fingerprint density at radius 1 is 1.10 bits per heavy atom. The molecule has 0 saturated carbocycles. The molecule has 2 rings (SSSR count). The summed E-state index contributed by atoms with van der Waals surface area (Å²) in [7, 11) is -4.15. The van der Waals surface area contributed by atoms with E-state index in [0.717, 1.165) is 0 Å². The number of fused-ring (bicyclic) bond motifs is 1. The van der Waals surface area contributed by atoms with Gasteiger partial charge in [-0.3, -0.25) is 0 Å². The predicted octanol–water partition coefficient (Wildman–Crippen LogP) is 2.04. The number of hydrogen-bond acceptors (Lipinski definition) is 3. The Kier molecular flexibility index (Phi) is 4.22. The van der Waals surface area contributed by atoms with Crippen LogP contribution in [0.1, 0.15) is 0 Å². The van der Waals surface area contributed by atoms with Crippen molar-refractivity contribution in [1.82, 2.24) is 4.72 Å². The second kappa shape index (κ2) is 5.63. The molecule has 21 heavy (non-hydrogen) atoms. The minimum Gasteiger partial charge on any atom is -0.382 e. The van der Waals surface area contributed by atoms with Crippen LogP contribution >= 0.6 is 0 Å². The number of halogens is 3. The van der Waals surface area contributed by atoms with Crippen LogP contribution in [0.5, 0.6) is 0 Å². The Morgan fingerprint density at radius 3 is 2.38 bits per heavy atom. The van der Waals surface area contributed by atoms with Gasteiger partial charge < -0.3 is 5.11 Å². The van der Waals surface area contributed by atoms with Crippen LogP contribution in [0.4, 0.5) is 13.2 Å². The second-order valence-corrected chi connectivity index (χ2v) is 6.12. The average Bonchev–Trinajstić information content (AvgIpc) is 2.43. The van der Waals surface area contributed by atoms with Gasteiger partial charge in [0.2, 0.25) is 10.0 Å². The molecule has 1 atom stereocenters. The molecule has 4 nitrogen and oxygen atoms in total. The van der Waals surface area contributed by atoms with Crippen molar-refractivity contribution in [2.24, 2.45) is 0 Å². The third-order valence-electron chi connectivity index (χ3n) is 2.88. The lowest BCUT2D eigenvalue weighted by atomic mass is 10.1. The number of rotatable bonds is 4. The fraction of sp³-hybridized carbons (Fsp3) is 0.231. The predicted molar refractivity (Wildman–Crippen MR) is 71.2 cm³/mol. The Bertz CT molecular complexity index is 738. The van der Waals surface area contributed by atoms with Gasteiger partial charge in [-0.25, -0.2) is 13.1 Å². The van der Waals surface area contributed by atoms with Crippen LogP contribution in [-0.2, 0) is 10.0 Å². The fourth-order valence-corrected chi connectivity index (χ4v) is 3.08. The fourth-order valence-electron chi connectivity index (χ4n) is 1.81. The lowest BCUT2D eigenvalue weighted by Crippen LogP contribution is -2.40. The smallest absolute Gasteiger partial charge is 0.382 e. The molecule has 0 fully saturated rings. The van der Waals surface area contributed by atoms with Gasteiger partial charge in [-0.1, -0.05) is 36.4 Å². The van der Waals surface area contributed by atoms with Gasteiger partial charge in [0.05, 0.1) is 4.90 Å². The van der Waals surface area contributed by atoms with Crippen molar-refractivity contribution < 1.29 is 26.7 Å². The van der Waals surface area contributed by atoms with Gasteiger partial charge in [-0.05, 0) is 11.5 Å². The van der Waals surface area contributed by atoms with Crippen LogP contribution in [0.25, 0.3) is 10.8 Å². The summed E-state index contributed by atoms with van der Waals surface area (Å²) in [6, 6.07) is 11.1. The number of hydrogen-bond donors (Lipinski definition) is 2. The van der Waals surface area contributed by atoms with E-state index >= 15 is 0 Å². The third-order valence-corrected chi connectivity index (χ3v) is 4.37. The Hall–Kier alpha value is -1.64. The van der Waals surface area contributed by atoms with Crippen LogP contribution in [0.2, 0.25) is 0 Å². The van der Waals surface area contributed by atoms with Crippen molar-refractivity contribution in [3.8, 4) is 0 Å². The highest BCUT2D eigenvalue weighted by atomic mass is 32.2. The van der Waals surface area contributed by atoms with Crippen molar-refractivity contribution >= 4 is 20.8 Å². The van der Waals surface area contributed by atoms with Crippen molar-refractivity contribution in [3.63, 3.8) is 0 Å². The van der Waals surface area contributed by atoms with E-state index < -0.39 is 28.8 Å². The minimum absolute atomic E-state index is 0.130. The largest absolute Gasteiger partial charge is 0.415 e. The average molecular weight is 319 g/mol. The van der Waals surface area contributed by atoms with Gasteiger partial charge in [0.25, 0.3) is 0 Å². The minimum atomic E-state index is -4.87. The maximum absolute atomic E-state index is 12.2. The molecule has 2 aromatic carbocycles. The maximum atomic E-state index is 12.2. The van der Waals surface area contributed by atoms with Gasteiger partial charge in [-0.2, -0.15) is 13.2 Å². The van der Waals surface area contributed by atoms with Gasteiger partial charge >= 0.3 is 6.18 Å². The summed E-state index contributed by atoms with van der Waals surface area (Å²) in [5.41, 5.74) is 0. The number of aliphatic hydroxyl groups excluding tert-OH is 1. The Morgan fingerprint density at radius 2 is 1.71 bits per heavy atom. The van der Waals surface area contributed by atoms with Crippen LogP contribution in [0.3, 0.4) is 0 Å². The standard InChI is InChI=1S/C13H12F3NO3S/c14-13(15,16)12(18)8-17-21(19,20)11-7-3-5-9-4-1-2-6-10(9)11/h1-7,12,17-18H,8H2/t12-/m0/s1. The summed E-state index contributed by atoms with van der Waals surface area (Å²) in [5, 5.41) is 9.90. The van der Waals surface area contributed by atoms with Crippen LogP contribution in [0, 0.1) is 0 Å². The molecule has 8 heteroatoms. The molecule has 0 radical (unpaired) electrons. The van der Waals surface area contributed by atoms with Gasteiger partial charge in [0.15, 0.2) is 6.10 Å². The molecule has 114 valence electrons. The van der Waals surface area contributed by atoms with Gasteiger partial charge in [-0.15, -0.1) is 0 Å². The molecule has 0 aliphatic rings. The van der Waals surface area contributed by atoms with E-state index in [1.807, 2.05) is 0 Å². The monoisotopic (exact) mass is 319 g/mol. The third kappa shape index (κ3) is 3.52. The molecule has 0 aliphatic carbocycles. The summed E-state index contributed by atoms with van der Waals surface area (Å²) < 4.78 is 62.5. The maximum Gasteiger partial charge on any atom is 0.415 e. The van der Waals surface area contributed by atoms with Crippen molar-refractivity contribution in [2.45, 2.75) is 17.2 Å². The van der Waals surface area contributed by atoms with Crippen molar-refractivity contribution in [2.75, 3.05) is 6.54 Å². The molecule has 0 spiro atoms. The highest BCUT2D eigenvalue weighted by Crippen LogP contribution is 2.23. The van der Waals surface area contributed by atoms with E-state index in [1.54, 1.807) is 35.1 Å². The Balaban J connectivity index is 2.31. The normalized spacial score (nSPS) is 14.3. The SMILES string of the molecule is O=S(=O)(NC[C@H](O)C(F)(F)F)c1cccc2ccccc12. The zero-order valence-electron chi connectivity index (χ0n) is 10.6. The van der Waals surface area contributed by atoms with Gasteiger partial charge in [0, 0.05) is 11.9 Å². The first kappa shape index (κ1) is 15.7. The highest BCUT2D eigenvalue weighted by molar-refractivity contribution is 7.89. The van der Waals surface area contributed by atoms with E-state index in [4.69, 9.17) is 5.11 Å². The highest BCUT2D eigenvalue weighted by Gasteiger charge is 2.38. The van der Waals surface area contributed by atoms with Crippen LogP contribution < -0.4 is 4.72 Å². The summed E-state index contributed by atoms with van der Waals surface area (Å²) >= 11 is 0. The Labute approximate surface area is 119 Å². The van der Waals surface area contributed by atoms with Crippen molar-refractivity contribution in [3.05, 3.63) is 42.5 Å². The topological polar surface area (TPSA) is 66.4 Å². The molecule has 0 saturated heterocycles. The van der Waals surface area contributed by atoms with Crippen molar-refractivity contribution in [1.29, 1.82) is 0 Å². The summed E-state index contributed by atoms with van der Waals surface area (Å²) in [5.74, 6) is 0. The van der Waals surface area contributed by atoms with Crippen LogP contribution in [-0.4, -0.2) is 32.3 Å². The molecule has 2 N–H and O–H groups in total. The molecule has 0 aromatic heterocycles. The first-order valence-corrected chi connectivity index (χ1v) is 7.42. The van der Waals surface area contributed by atoms with E-state index in [1.165, 1.54) is 12.1 Å². The first-order valence-electron chi connectivity index (χ1n) is 5.94. The molecule has 2 aromatic rings. The first-order chi connectivity index (χ1) is 9.72. The van der Waals surface area contributed by atoms with Crippen LogP contribution in [0.15, 0.2) is 47.4 Å². The second-order valence-electron chi connectivity index (χ2n) is 4.39. The molecule has 0 unspecified atom stereocenters. The molecule has 0 heterocycles. The van der Waals surface area contributed by atoms with E-state index in [2.05, 4.69) is 0 Å². The molecular formula is C13H12F3NO3S. The summed E-state index contributed by atoms with van der Waals surface area (Å²) in [4.78, 5) is -0.130. The number of nitrogens with one attached hydrogen (secondary N) is 1. The van der Waals surface area contributed by atoms with E-state index in [9.17, 15) is 21.6 Å². The summed E-state index contributed by atoms with van der Waals surface area (Å²) in [6.45, 7) is -1.13. The zero-order valence-corrected chi connectivity index (χ0v) is 11.4. The molecule has 0 amide bonds. The molecular weight excluding hydrogens is 307 g/mol. The summed E-state index contributed by atoms with van der Waals surface area (Å²) in [6.07, 6.45) is -7.62. The lowest BCUT2D eigenvalue weighted by Gasteiger charge is -2.15. The molecule has 0 bridgehead atoms. The van der Waals surface area contributed by atoms with E-state index in [0.29, 0.717) is 10.8 Å². The number of aliphatic hydroxyl groups is 1.